The molecule has 0 N–H and O–H groups in total. The van der Waals surface area contributed by atoms with Gasteiger partial charge in [0.15, 0.2) is 0 Å². The Morgan fingerprint density at radius 3 is 3.19 bits per heavy atom. The molecule has 0 radical (unpaired) electrons. The standard InChI is InChI=1S/C12H18N2O2/c1-10(12-9-14(2)6-7-15-12)16-11-4-3-5-13-8-11/h3-5,8,10,12H,6-7,9H2,1-2H3/t10-,12+/m0/s1. The van der Waals surface area contributed by atoms with Crippen LogP contribution in [0.2, 0.25) is 0 Å². The van der Waals surface area contributed by atoms with E-state index in [1.165, 1.54) is 0 Å². The molecule has 0 aromatic carbocycles. The summed E-state index contributed by atoms with van der Waals surface area (Å²) in [7, 11) is 2.10. The van der Waals surface area contributed by atoms with Crippen molar-refractivity contribution in [2.45, 2.75) is 19.1 Å². The fraction of sp³-hybridized carbons (Fsp3) is 0.583. The second kappa shape index (κ2) is 5.27. The van der Waals surface area contributed by atoms with Gasteiger partial charge in [0, 0.05) is 19.3 Å². The van der Waals surface area contributed by atoms with Crippen molar-refractivity contribution in [3.63, 3.8) is 0 Å². The third-order valence-corrected chi connectivity index (χ3v) is 2.78. The van der Waals surface area contributed by atoms with E-state index in [0.717, 1.165) is 25.4 Å². The van der Waals surface area contributed by atoms with Crippen LogP contribution in [0, 0.1) is 0 Å². The van der Waals surface area contributed by atoms with E-state index in [0.29, 0.717) is 0 Å². The van der Waals surface area contributed by atoms with Gasteiger partial charge < -0.3 is 14.4 Å². The minimum Gasteiger partial charge on any atom is -0.486 e. The van der Waals surface area contributed by atoms with Crippen molar-refractivity contribution in [2.24, 2.45) is 0 Å². The molecular formula is C12H18N2O2. The summed E-state index contributed by atoms with van der Waals surface area (Å²) in [5, 5.41) is 0. The molecule has 2 heterocycles. The van der Waals surface area contributed by atoms with Crippen molar-refractivity contribution in [2.75, 3.05) is 26.7 Å². The molecule has 88 valence electrons. The highest BCUT2D eigenvalue weighted by Gasteiger charge is 2.24. The molecule has 1 aliphatic rings. The van der Waals surface area contributed by atoms with Gasteiger partial charge in [-0.2, -0.15) is 0 Å². The fourth-order valence-electron chi connectivity index (χ4n) is 1.80. The zero-order chi connectivity index (χ0) is 11.4. The van der Waals surface area contributed by atoms with Crippen LogP contribution in [0.5, 0.6) is 5.75 Å². The van der Waals surface area contributed by atoms with Crippen molar-refractivity contribution < 1.29 is 9.47 Å². The molecule has 0 aliphatic carbocycles. The lowest BCUT2D eigenvalue weighted by Gasteiger charge is -2.33. The van der Waals surface area contributed by atoms with E-state index < -0.39 is 0 Å². The van der Waals surface area contributed by atoms with E-state index in [4.69, 9.17) is 9.47 Å². The minimum atomic E-state index is 0.0481. The lowest BCUT2D eigenvalue weighted by atomic mass is 10.2. The van der Waals surface area contributed by atoms with Gasteiger partial charge in [-0.3, -0.25) is 4.98 Å². The molecule has 1 saturated heterocycles. The maximum absolute atomic E-state index is 5.79. The van der Waals surface area contributed by atoms with E-state index in [9.17, 15) is 0 Å². The lowest BCUT2D eigenvalue weighted by molar-refractivity contribution is -0.0690. The number of hydrogen-bond acceptors (Lipinski definition) is 4. The summed E-state index contributed by atoms with van der Waals surface area (Å²) in [6, 6.07) is 3.78. The highest BCUT2D eigenvalue weighted by molar-refractivity contribution is 5.15. The average Bonchev–Trinajstić information content (AvgIpc) is 2.30. The van der Waals surface area contributed by atoms with Crippen molar-refractivity contribution >= 4 is 0 Å². The summed E-state index contributed by atoms with van der Waals surface area (Å²) in [6.07, 6.45) is 3.65. The molecular weight excluding hydrogens is 204 g/mol. The van der Waals surface area contributed by atoms with Crippen LogP contribution in [0.1, 0.15) is 6.92 Å². The van der Waals surface area contributed by atoms with Crippen LogP contribution < -0.4 is 4.74 Å². The van der Waals surface area contributed by atoms with Gasteiger partial charge in [-0.05, 0) is 26.1 Å². The molecule has 16 heavy (non-hydrogen) atoms. The SMILES string of the molecule is C[C@H](Oc1cccnc1)[C@H]1CN(C)CCO1. The van der Waals surface area contributed by atoms with Gasteiger partial charge in [0.1, 0.15) is 18.0 Å². The predicted molar refractivity (Wildman–Crippen MR) is 61.6 cm³/mol. The predicted octanol–water partition coefficient (Wildman–Crippen LogP) is 1.18. The molecule has 1 aliphatic heterocycles. The zero-order valence-electron chi connectivity index (χ0n) is 9.80. The monoisotopic (exact) mass is 222 g/mol. The van der Waals surface area contributed by atoms with Crippen molar-refractivity contribution in [1.82, 2.24) is 9.88 Å². The first kappa shape index (κ1) is 11.4. The molecule has 1 fully saturated rings. The summed E-state index contributed by atoms with van der Waals surface area (Å²) in [6.45, 7) is 4.73. The zero-order valence-corrected chi connectivity index (χ0v) is 9.80. The second-order valence-corrected chi connectivity index (χ2v) is 4.18. The molecule has 2 rings (SSSR count). The van der Waals surface area contributed by atoms with Crippen LogP contribution in [-0.2, 0) is 4.74 Å². The summed E-state index contributed by atoms with van der Waals surface area (Å²) in [5.41, 5.74) is 0. The first-order valence-electron chi connectivity index (χ1n) is 5.62. The first-order valence-corrected chi connectivity index (χ1v) is 5.62. The number of morpholine rings is 1. The maximum Gasteiger partial charge on any atom is 0.138 e. The summed E-state index contributed by atoms with van der Waals surface area (Å²) < 4.78 is 11.5. The van der Waals surface area contributed by atoms with Crippen LogP contribution >= 0.6 is 0 Å². The Kier molecular flexibility index (Phi) is 3.74. The van der Waals surface area contributed by atoms with Gasteiger partial charge in [-0.1, -0.05) is 0 Å². The Morgan fingerprint density at radius 2 is 2.50 bits per heavy atom. The van der Waals surface area contributed by atoms with Crippen LogP contribution in [0.3, 0.4) is 0 Å². The summed E-state index contributed by atoms with van der Waals surface area (Å²) in [5.74, 6) is 0.798. The quantitative estimate of drug-likeness (QED) is 0.769. The molecule has 1 aromatic heterocycles. The van der Waals surface area contributed by atoms with E-state index in [2.05, 4.69) is 16.9 Å². The Morgan fingerprint density at radius 1 is 1.62 bits per heavy atom. The van der Waals surface area contributed by atoms with Crippen molar-refractivity contribution in [1.29, 1.82) is 0 Å². The van der Waals surface area contributed by atoms with Gasteiger partial charge in [0.25, 0.3) is 0 Å². The number of aromatic nitrogens is 1. The number of rotatable bonds is 3. The lowest BCUT2D eigenvalue weighted by Crippen LogP contribution is -2.46. The Hall–Kier alpha value is -1.13. The molecule has 0 unspecified atom stereocenters. The smallest absolute Gasteiger partial charge is 0.138 e. The molecule has 2 atom stereocenters. The van der Waals surface area contributed by atoms with Gasteiger partial charge in [0.05, 0.1) is 12.8 Å². The Labute approximate surface area is 96.2 Å². The molecule has 4 nitrogen and oxygen atoms in total. The van der Waals surface area contributed by atoms with E-state index in [-0.39, 0.29) is 12.2 Å². The van der Waals surface area contributed by atoms with Crippen LogP contribution in [0.4, 0.5) is 0 Å². The number of hydrogen-bond donors (Lipinski definition) is 0. The molecule has 1 aromatic rings. The van der Waals surface area contributed by atoms with Gasteiger partial charge in [0.2, 0.25) is 0 Å². The fourth-order valence-corrected chi connectivity index (χ4v) is 1.80. The summed E-state index contributed by atoms with van der Waals surface area (Å²) >= 11 is 0. The highest BCUT2D eigenvalue weighted by Crippen LogP contribution is 2.15. The second-order valence-electron chi connectivity index (χ2n) is 4.18. The molecule has 4 heteroatoms. The first-order chi connectivity index (χ1) is 7.75. The molecule has 0 spiro atoms. The normalized spacial score (nSPS) is 24.0. The summed E-state index contributed by atoms with van der Waals surface area (Å²) in [4.78, 5) is 6.28. The van der Waals surface area contributed by atoms with Crippen LogP contribution in [-0.4, -0.2) is 48.8 Å². The van der Waals surface area contributed by atoms with Gasteiger partial charge in [-0.15, -0.1) is 0 Å². The highest BCUT2D eigenvalue weighted by atomic mass is 16.5. The number of ether oxygens (including phenoxy) is 2. The Bertz CT molecular complexity index is 318. The van der Waals surface area contributed by atoms with Gasteiger partial charge >= 0.3 is 0 Å². The third kappa shape index (κ3) is 2.93. The van der Waals surface area contributed by atoms with Crippen LogP contribution in [0.25, 0.3) is 0 Å². The topological polar surface area (TPSA) is 34.6 Å². The van der Waals surface area contributed by atoms with Crippen molar-refractivity contribution in [3.8, 4) is 5.75 Å². The minimum absolute atomic E-state index is 0.0481. The van der Waals surface area contributed by atoms with Gasteiger partial charge in [-0.25, -0.2) is 0 Å². The third-order valence-electron chi connectivity index (χ3n) is 2.78. The number of pyridine rings is 1. The number of likely N-dealkylation sites (N-methyl/N-ethyl adjacent to an activating group) is 1. The number of nitrogens with zero attached hydrogens (tertiary/aromatic N) is 2. The molecule has 0 amide bonds. The maximum atomic E-state index is 5.79. The average molecular weight is 222 g/mol. The Balaban J connectivity index is 1.90. The largest absolute Gasteiger partial charge is 0.486 e. The van der Waals surface area contributed by atoms with E-state index in [1.807, 2.05) is 19.1 Å². The molecule has 0 saturated carbocycles. The van der Waals surface area contributed by atoms with Crippen LogP contribution in [0.15, 0.2) is 24.5 Å². The van der Waals surface area contributed by atoms with Crippen molar-refractivity contribution in [3.05, 3.63) is 24.5 Å². The molecule has 0 bridgehead atoms. The van der Waals surface area contributed by atoms with E-state index >= 15 is 0 Å². The van der Waals surface area contributed by atoms with E-state index in [1.54, 1.807) is 12.4 Å².